The summed E-state index contributed by atoms with van der Waals surface area (Å²) in [6, 6.07) is 34.5. The van der Waals surface area contributed by atoms with Crippen molar-refractivity contribution >= 4 is 54.5 Å². The van der Waals surface area contributed by atoms with Crippen molar-refractivity contribution in [2.45, 2.75) is 20.8 Å². The predicted molar refractivity (Wildman–Crippen MR) is 167 cm³/mol. The molecular weight excluding hydrogens is 488 g/mol. The number of aromatic nitrogens is 2. The smallest absolute Gasteiger partial charge is 0.138 e. The Morgan fingerprint density at radius 1 is 0.500 bits per heavy atom. The summed E-state index contributed by atoms with van der Waals surface area (Å²) in [5.41, 5.74) is 11.6. The number of nitrogens with zero attached hydrogens (tertiary/aromatic N) is 2. The SMILES string of the molecule is Cc1cc(C)c2oc3c(C)cc(-c4cccc(-c5cnc6c7ccccc7c7ccccc7c6n5)c4)cc3c2c1. The minimum absolute atomic E-state index is 0.868. The lowest BCUT2D eigenvalue weighted by molar-refractivity contribution is 0.662. The predicted octanol–water partition coefficient (Wildman–Crippen LogP) is 10.1. The van der Waals surface area contributed by atoms with Gasteiger partial charge in [0.05, 0.1) is 22.9 Å². The molecule has 2 heterocycles. The van der Waals surface area contributed by atoms with Gasteiger partial charge in [-0.3, -0.25) is 4.98 Å². The average molecular weight is 515 g/mol. The van der Waals surface area contributed by atoms with Gasteiger partial charge in [0, 0.05) is 27.1 Å². The van der Waals surface area contributed by atoms with Crippen LogP contribution in [0.15, 0.2) is 108 Å². The first-order valence-electron chi connectivity index (χ1n) is 13.7. The summed E-state index contributed by atoms with van der Waals surface area (Å²) >= 11 is 0. The van der Waals surface area contributed by atoms with Crippen LogP contribution in [0, 0.1) is 20.8 Å². The van der Waals surface area contributed by atoms with E-state index in [0.29, 0.717) is 0 Å². The van der Waals surface area contributed by atoms with Crippen LogP contribution < -0.4 is 0 Å². The monoisotopic (exact) mass is 514 g/mol. The molecule has 6 aromatic carbocycles. The molecule has 0 saturated heterocycles. The van der Waals surface area contributed by atoms with E-state index in [0.717, 1.165) is 60.7 Å². The van der Waals surface area contributed by atoms with Crippen LogP contribution in [-0.4, -0.2) is 9.97 Å². The third-order valence-electron chi connectivity index (χ3n) is 8.11. The van der Waals surface area contributed by atoms with E-state index in [4.69, 9.17) is 14.4 Å². The normalized spacial score (nSPS) is 11.9. The Hall–Kier alpha value is -5.02. The van der Waals surface area contributed by atoms with Gasteiger partial charge in [-0.1, -0.05) is 72.8 Å². The van der Waals surface area contributed by atoms with Gasteiger partial charge in [-0.05, 0) is 83.6 Å². The Kier molecular flexibility index (Phi) is 4.86. The second kappa shape index (κ2) is 8.49. The van der Waals surface area contributed by atoms with Crippen molar-refractivity contribution in [1.82, 2.24) is 9.97 Å². The van der Waals surface area contributed by atoms with Gasteiger partial charge in [-0.15, -0.1) is 0 Å². The second-order valence-corrected chi connectivity index (χ2v) is 10.9. The first kappa shape index (κ1) is 22.9. The second-order valence-electron chi connectivity index (χ2n) is 10.9. The van der Waals surface area contributed by atoms with Crippen LogP contribution in [0.3, 0.4) is 0 Å². The van der Waals surface area contributed by atoms with E-state index in [1.165, 1.54) is 32.8 Å². The average Bonchev–Trinajstić information content (AvgIpc) is 3.37. The fourth-order valence-electron chi connectivity index (χ4n) is 6.29. The van der Waals surface area contributed by atoms with E-state index >= 15 is 0 Å². The molecule has 0 aliphatic heterocycles. The maximum absolute atomic E-state index is 6.34. The number of benzene rings is 6. The Bertz CT molecular complexity index is 2270. The fourth-order valence-corrected chi connectivity index (χ4v) is 6.29. The number of hydrogen-bond acceptors (Lipinski definition) is 3. The van der Waals surface area contributed by atoms with Crippen LogP contribution >= 0.6 is 0 Å². The summed E-state index contributed by atoms with van der Waals surface area (Å²) in [7, 11) is 0. The lowest BCUT2D eigenvalue weighted by atomic mass is 9.97. The van der Waals surface area contributed by atoms with Crippen LogP contribution in [0.5, 0.6) is 0 Å². The van der Waals surface area contributed by atoms with Crippen LogP contribution in [0.2, 0.25) is 0 Å². The molecule has 0 saturated carbocycles. The minimum atomic E-state index is 0.868. The number of furan rings is 1. The topological polar surface area (TPSA) is 38.9 Å². The molecule has 8 aromatic rings. The third kappa shape index (κ3) is 3.37. The fraction of sp³-hybridized carbons (Fsp3) is 0.0811. The van der Waals surface area contributed by atoms with Crippen molar-refractivity contribution in [2.75, 3.05) is 0 Å². The standard InChI is InChI=1S/C37H26N2O/c1-21-15-22(2)36-31(16-21)32-19-26(17-23(3)37(32)40-36)24-9-8-10-25(18-24)33-20-38-34-29-13-6-4-11-27(29)28-12-5-7-14-30(28)35(34)39-33/h4-20H,1-3H3. The molecule has 0 aliphatic carbocycles. The van der Waals surface area contributed by atoms with Crippen molar-refractivity contribution < 1.29 is 4.42 Å². The molecule has 3 nitrogen and oxygen atoms in total. The van der Waals surface area contributed by atoms with Crippen molar-refractivity contribution in [3.63, 3.8) is 0 Å². The van der Waals surface area contributed by atoms with Crippen LogP contribution in [0.4, 0.5) is 0 Å². The first-order valence-corrected chi connectivity index (χ1v) is 13.7. The van der Waals surface area contributed by atoms with Gasteiger partial charge in [0.25, 0.3) is 0 Å². The molecule has 0 unspecified atom stereocenters. The summed E-state index contributed by atoms with van der Waals surface area (Å²) in [6.07, 6.45) is 1.91. The summed E-state index contributed by atoms with van der Waals surface area (Å²) in [4.78, 5) is 10.2. The summed E-state index contributed by atoms with van der Waals surface area (Å²) in [5, 5.41) is 7.00. The Morgan fingerprint density at radius 3 is 1.88 bits per heavy atom. The van der Waals surface area contributed by atoms with Crippen molar-refractivity contribution in [2.24, 2.45) is 0 Å². The van der Waals surface area contributed by atoms with E-state index < -0.39 is 0 Å². The highest BCUT2D eigenvalue weighted by atomic mass is 16.3. The van der Waals surface area contributed by atoms with Crippen molar-refractivity contribution in [3.05, 3.63) is 120 Å². The maximum Gasteiger partial charge on any atom is 0.138 e. The van der Waals surface area contributed by atoms with Gasteiger partial charge in [-0.2, -0.15) is 0 Å². The molecule has 8 rings (SSSR count). The molecule has 0 spiro atoms. The highest BCUT2D eigenvalue weighted by molar-refractivity contribution is 6.23. The molecule has 0 fully saturated rings. The van der Waals surface area contributed by atoms with Gasteiger partial charge >= 0.3 is 0 Å². The number of fused-ring (bicyclic) bond motifs is 9. The van der Waals surface area contributed by atoms with Crippen molar-refractivity contribution in [1.29, 1.82) is 0 Å². The largest absolute Gasteiger partial charge is 0.456 e. The van der Waals surface area contributed by atoms with Gasteiger partial charge < -0.3 is 4.42 Å². The molecule has 0 atom stereocenters. The molecule has 0 radical (unpaired) electrons. The Labute approximate surface area is 231 Å². The number of rotatable bonds is 2. The van der Waals surface area contributed by atoms with E-state index in [2.05, 4.69) is 118 Å². The molecule has 3 heteroatoms. The molecule has 0 aliphatic rings. The summed E-state index contributed by atoms with van der Waals surface area (Å²) < 4.78 is 6.34. The zero-order valence-corrected chi connectivity index (χ0v) is 22.6. The zero-order valence-electron chi connectivity index (χ0n) is 22.6. The van der Waals surface area contributed by atoms with Crippen LogP contribution in [0.25, 0.3) is 76.9 Å². The molecular formula is C37H26N2O. The molecule has 190 valence electrons. The molecule has 0 N–H and O–H groups in total. The lowest BCUT2D eigenvalue weighted by Crippen LogP contribution is -1.92. The summed E-state index contributed by atoms with van der Waals surface area (Å²) in [6.45, 7) is 6.39. The maximum atomic E-state index is 6.34. The van der Waals surface area contributed by atoms with Crippen molar-refractivity contribution in [3.8, 4) is 22.4 Å². The van der Waals surface area contributed by atoms with Gasteiger partial charge in [0.1, 0.15) is 11.2 Å². The lowest BCUT2D eigenvalue weighted by Gasteiger charge is -2.11. The first-order chi connectivity index (χ1) is 19.5. The third-order valence-corrected chi connectivity index (χ3v) is 8.11. The molecule has 0 bridgehead atoms. The molecule has 2 aromatic heterocycles. The molecule has 0 amide bonds. The van der Waals surface area contributed by atoms with E-state index in [1.807, 2.05) is 6.20 Å². The van der Waals surface area contributed by atoms with Crippen LogP contribution in [0.1, 0.15) is 16.7 Å². The number of aryl methyl sites for hydroxylation is 3. The van der Waals surface area contributed by atoms with E-state index in [-0.39, 0.29) is 0 Å². The van der Waals surface area contributed by atoms with E-state index in [1.54, 1.807) is 0 Å². The summed E-state index contributed by atoms with van der Waals surface area (Å²) in [5.74, 6) is 0. The van der Waals surface area contributed by atoms with Crippen LogP contribution in [-0.2, 0) is 0 Å². The van der Waals surface area contributed by atoms with Gasteiger partial charge in [0.15, 0.2) is 0 Å². The zero-order chi connectivity index (χ0) is 27.0. The van der Waals surface area contributed by atoms with Gasteiger partial charge in [0.2, 0.25) is 0 Å². The quantitative estimate of drug-likeness (QED) is 0.215. The minimum Gasteiger partial charge on any atom is -0.456 e. The van der Waals surface area contributed by atoms with E-state index in [9.17, 15) is 0 Å². The highest BCUT2D eigenvalue weighted by Crippen LogP contribution is 2.38. The highest BCUT2D eigenvalue weighted by Gasteiger charge is 2.15. The number of hydrogen-bond donors (Lipinski definition) is 0. The van der Waals surface area contributed by atoms with Gasteiger partial charge in [-0.25, -0.2) is 4.98 Å². The Balaban J connectivity index is 1.31. The Morgan fingerprint density at radius 2 is 1.12 bits per heavy atom. The molecule has 40 heavy (non-hydrogen) atoms.